The Balaban J connectivity index is 1.68. The third kappa shape index (κ3) is 4.00. The molecule has 0 bridgehead atoms. The Morgan fingerprint density at radius 2 is 1.52 bits per heavy atom. The molecule has 0 amide bonds. The predicted molar refractivity (Wildman–Crippen MR) is 95.2 cm³/mol. The maximum atomic E-state index is 12.8. The fourth-order valence-corrected chi connectivity index (χ4v) is 4.35. The first-order valence-electron chi connectivity index (χ1n) is 8.08. The van der Waals surface area contributed by atoms with Gasteiger partial charge in [-0.05, 0) is 29.8 Å². The van der Waals surface area contributed by atoms with E-state index >= 15 is 0 Å². The molecule has 0 spiro atoms. The average Bonchev–Trinajstić information content (AvgIpc) is 2.62. The van der Waals surface area contributed by atoms with Gasteiger partial charge in [0.25, 0.3) is 0 Å². The second-order valence-corrected chi connectivity index (χ2v) is 7.88. The number of sulfonamides is 1. The topological polar surface area (TPSA) is 77.9 Å². The number of carboxylic acids is 1. The lowest BCUT2D eigenvalue weighted by Gasteiger charge is -2.35. The second kappa shape index (κ2) is 7.25. The van der Waals surface area contributed by atoms with E-state index in [0.717, 1.165) is 5.69 Å². The lowest BCUT2D eigenvalue weighted by atomic mass is 10.2. The minimum Gasteiger partial charge on any atom is -0.481 e. The molecule has 1 N–H and O–H groups in total. The highest BCUT2D eigenvalue weighted by Gasteiger charge is 2.28. The molecule has 0 atom stereocenters. The fraction of sp³-hybridized carbons (Fsp3) is 0.278. The molecule has 1 aliphatic rings. The lowest BCUT2D eigenvalue weighted by molar-refractivity contribution is -0.136. The number of nitrogens with zero attached hydrogens (tertiary/aromatic N) is 2. The highest BCUT2D eigenvalue weighted by atomic mass is 32.2. The Labute approximate surface area is 147 Å². The quantitative estimate of drug-likeness (QED) is 0.880. The van der Waals surface area contributed by atoms with Gasteiger partial charge in [0.1, 0.15) is 0 Å². The highest BCUT2D eigenvalue weighted by Crippen LogP contribution is 2.21. The Morgan fingerprint density at radius 3 is 2.08 bits per heavy atom. The van der Waals surface area contributed by atoms with Crippen molar-refractivity contribution in [2.45, 2.75) is 11.3 Å². The number of hydrogen-bond acceptors (Lipinski definition) is 4. The first-order valence-corrected chi connectivity index (χ1v) is 9.52. The van der Waals surface area contributed by atoms with Gasteiger partial charge in [0.05, 0.1) is 11.3 Å². The van der Waals surface area contributed by atoms with Crippen molar-refractivity contribution in [1.82, 2.24) is 4.31 Å². The molecule has 1 fully saturated rings. The molecule has 1 heterocycles. The zero-order valence-electron chi connectivity index (χ0n) is 13.7. The van der Waals surface area contributed by atoms with Crippen LogP contribution in [0.1, 0.15) is 5.56 Å². The van der Waals surface area contributed by atoms with Crippen molar-refractivity contribution in [2.75, 3.05) is 31.1 Å². The monoisotopic (exact) mass is 360 g/mol. The van der Waals surface area contributed by atoms with Crippen molar-refractivity contribution in [3.63, 3.8) is 0 Å². The van der Waals surface area contributed by atoms with Gasteiger partial charge >= 0.3 is 5.97 Å². The number of carbonyl (C=O) groups is 1. The summed E-state index contributed by atoms with van der Waals surface area (Å²) < 4.78 is 27.0. The normalized spacial score (nSPS) is 15.9. The molecule has 1 saturated heterocycles. The number of benzene rings is 2. The molecule has 6 nitrogen and oxygen atoms in total. The molecule has 0 aliphatic carbocycles. The van der Waals surface area contributed by atoms with Crippen LogP contribution in [0.4, 0.5) is 5.69 Å². The molecule has 0 radical (unpaired) electrons. The molecule has 25 heavy (non-hydrogen) atoms. The van der Waals surface area contributed by atoms with Gasteiger partial charge in [-0.15, -0.1) is 0 Å². The van der Waals surface area contributed by atoms with E-state index in [1.54, 1.807) is 12.1 Å². The predicted octanol–water partition coefficient (Wildman–Crippen LogP) is 1.82. The minimum absolute atomic E-state index is 0.115. The van der Waals surface area contributed by atoms with E-state index in [9.17, 15) is 13.2 Å². The molecule has 3 rings (SSSR count). The average molecular weight is 360 g/mol. The van der Waals surface area contributed by atoms with Crippen molar-refractivity contribution < 1.29 is 18.3 Å². The van der Waals surface area contributed by atoms with Crippen LogP contribution in [0.5, 0.6) is 0 Å². The van der Waals surface area contributed by atoms with Crippen molar-refractivity contribution in [3.05, 3.63) is 60.2 Å². The van der Waals surface area contributed by atoms with E-state index in [1.165, 1.54) is 16.4 Å². The molecule has 2 aromatic carbocycles. The van der Waals surface area contributed by atoms with Crippen molar-refractivity contribution >= 4 is 21.7 Å². The Hall–Kier alpha value is -2.38. The summed E-state index contributed by atoms with van der Waals surface area (Å²) in [5, 5.41) is 8.79. The fourth-order valence-electron chi connectivity index (χ4n) is 2.93. The van der Waals surface area contributed by atoms with E-state index in [4.69, 9.17) is 5.11 Å². The standard InChI is InChI=1S/C18H20N2O4S/c21-18(22)14-15-6-8-17(9-7-15)25(23,24)20-12-10-19(11-13-20)16-4-2-1-3-5-16/h1-9H,10-14H2,(H,21,22). The number of para-hydroxylation sites is 1. The van der Waals surface area contributed by atoms with Gasteiger partial charge in [0.2, 0.25) is 10.0 Å². The van der Waals surface area contributed by atoms with Gasteiger partial charge in [-0.3, -0.25) is 4.79 Å². The first-order chi connectivity index (χ1) is 12.0. The smallest absolute Gasteiger partial charge is 0.307 e. The van der Waals surface area contributed by atoms with Crippen LogP contribution in [-0.4, -0.2) is 50.0 Å². The maximum absolute atomic E-state index is 12.8. The number of aliphatic carboxylic acids is 1. The summed E-state index contributed by atoms with van der Waals surface area (Å²) in [7, 11) is -3.55. The van der Waals surface area contributed by atoms with Crippen LogP contribution in [-0.2, 0) is 21.2 Å². The van der Waals surface area contributed by atoms with Gasteiger partial charge < -0.3 is 10.0 Å². The van der Waals surface area contributed by atoms with Gasteiger partial charge in [-0.1, -0.05) is 30.3 Å². The summed E-state index contributed by atoms with van der Waals surface area (Å²) in [6, 6.07) is 16.0. The van der Waals surface area contributed by atoms with E-state index in [2.05, 4.69) is 4.90 Å². The summed E-state index contributed by atoms with van der Waals surface area (Å²) in [4.78, 5) is 13.1. The minimum atomic E-state index is -3.55. The van der Waals surface area contributed by atoms with Gasteiger partial charge in [0.15, 0.2) is 0 Å². The molecule has 7 heteroatoms. The zero-order valence-corrected chi connectivity index (χ0v) is 14.5. The van der Waals surface area contributed by atoms with Crippen LogP contribution in [0.15, 0.2) is 59.5 Å². The van der Waals surface area contributed by atoms with Gasteiger partial charge in [-0.2, -0.15) is 4.31 Å². The largest absolute Gasteiger partial charge is 0.481 e. The van der Waals surface area contributed by atoms with E-state index in [1.807, 2.05) is 30.3 Å². The number of anilines is 1. The molecule has 2 aromatic rings. The van der Waals surface area contributed by atoms with E-state index < -0.39 is 16.0 Å². The van der Waals surface area contributed by atoms with Crippen LogP contribution in [0, 0.1) is 0 Å². The third-order valence-corrected chi connectivity index (χ3v) is 6.19. The summed E-state index contributed by atoms with van der Waals surface area (Å²) in [5.74, 6) is -0.937. The van der Waals surface area contributed by atoms with Crippen molar-refractivity contribution in [1.29, 1.82) is 0 Å². The number of rotatable bonds is 5. The summed E-state index contributed by atoms with van der Waals surface area (Å²) in [6.45, 7) is 2.13. The van der Waals surface area contributed by atoms with E-state index in [0.29, 0.717) is 31.7 Å². The first kappa shape index (κ1) is 17.4. The highest BCUT2D eigenvalue weighted by molar-refractivity contribution is 7.89. The summed E-state index contributed by atoms with van der Waals surface area (Å²) in [5.41, 5.74) is 1.68. The van der Waals surface area contributed by atoms with Crippen molar-refractivity contribution in [3.8, 4) is 0 Å². The molecular formula is C18H20N2O4S. The SMILES string of the molecule is O=C(O)Cc1ccc(S(=O)(=O)N2CCN(c3ccccc3)CC2)cc1. The van der Waals surface area contributed by atoms with E-state index in [-0.39, 0.29) is 11.3 Å². The Morgan fingerprint density at radius 1 is 0.920 bits per heavy atom. The Bertz CT molecular complexity index is 827. The molecule has 132 valence electrons. The van der Waals surface area contributed by atoms with Gasteiger partial charge in [0, 0.05) is 31.9 Å². The van der Waals surface area contributed by atoms with Gasteiger partial charge in [-0.25, -0.2) is 8.42 Å². The molecule has 1 aliphatic heterocycles. The molecule has 0 unspecified atom stereocenters. The summed E-state index contributed by atoms with van der Waals surface area (Å²) >= 11 is 0. The third-order valence-electron chi connectivity index (χ3n) is 4.28. The second-order valence-electron chi connectivity index (χ2n) is 5.94. The van der Waals surface area contributed by atoms with Crippen LogP contribution in [0.2, 0.25) is 0 Å². The van der Waals surface area contributed by atoms with Crippen LogP contribution in [0.25, 0.3) is 0 Å². The number of carboxylic acid groups (broad SMARTS) is 1. The van der Waals surface area contributed by atoms with Crippen LogP contribution < -0.4 is 4.90 Å². The lowest BCUT2D eigenvalue weighted by Crippen LogP contribution is -2.48. The van der Waals surface area contributed by atoms with Crippen LogP contribution in [0.3, 0.4) is 0 Å². The van der Waals surface area contributed by atoms with Crippen LogP contribution >= 0.6 is 0 Å². The molecular weight excluding hydrogens is 340 g/mol. The molecule has 0 saturated carbocycles. The zero-order chi connectivity index (χ0) is 17.9. The number of hydrogen-bond donors (Lipinski definition) is 1. The number of piperazine rings is 1. The Kier molecular flexibility index (Phi) is 5.06. The molecule has 0 aromatic heterocycles. The maximum Gasteiger partial charge on any atom is 0.307 e. The summed E-state index contributed by atoms with van der Waals surface area (Å²) in [6.07, 6.45) is -0.115. The van der Waals surface area contributed by atoms with Crippen molar-refractivity contribution in [2.24, 2.45) is 0 Å².